The van der Waals surface area contributed by atoms with Crippen LogP contribution in [0.4, 0.5) is 0 Å². The Morgan fingerprint density at radius 1 is 1.23 bits per heavy atom. The Balaban J connectivity index is 1.78. The fourth-order valence-corrected chi connectivity index (χ4v) is 4.24. The lowest BCUT2D eigenvalue weighted by atomic mass is 9.98. The topological polar surface area (TPSA) is 59.1 Å². The van der Waals surface area contributed by atoms with Crippen LogP contribution in [0.3, 0.4) is 0 Å². The number of ether oxygens (including phenoxy) is 2. The minimum absolute atomic E-state index is 0.00906. The predicted molar refractivity (Wildman–Crippen MR) is 117 cm³/mol. The summed E-state index contributed by atoms with van der Waals surface area (Å²) in [6.07, 6.45) is 9.18. The predicted octanol–water partition coefficient (Wildman–Crippen LogP) is 3.82. The number of methoxy groups -OCH3 is 1. The lowest BCUT2D eigenvalue weighted by Crippen LogP contribution is -2.46. The zero-order valence-electron chi connectivity index (χ0n) is 18.2. The van der Waals surface area contributed by atoms with E-state index in [0.717, 1.165) is 25.7 Å². The molecular formula is C24H32N2O4. The van der Waals surface area contributed by atoms with Crippen LogP contribution in [-0.4, -0.2) is 60.0 Å². The summed E-state index contributed by atoms with van der Waals surface area (Å²) < 4.78 is 11.7. The van der Waals surface area contributed by atoms with E-state index in [1.54, 1.807) is 32.2 Å². The van der Waals surface area contributed by atoms with Crippen molar-refractivity contribution in [3.8, 4) is 11.5 Å². The molecular weight excluding hydrogens is 380 g/mol. The van der Waals surface area contributed by atoms with E-state index in [-0.39, 0.29) is 30.0 Å². The average molecular weight is 413 g/mol. The quantitative estimate of drug-likeness (QED) is 0.667. The van der Waals surface area contributed by atoms with Crippen LogP contribution >= 0.6 is 0 Å². The van der Waals surface area contributed by atoms with Crippen molar-refractivity contribution >= 4 is 11.8 Å². The highest BCUT2D eigenvalue weighted by Crippen LogP contribution is 2.32. The Morgan fingerprint density at radius 3 is 2.60 bits per heavy atom. The molecule has 2 aliphatic heterocycles. The molecule has 0 radical (unpaired) electrons. The van der Waals surface area contributed by atoms with Gasteiger partial charge in [-0.05, 0) is 38.0 Å². The molecule has 0 bridgehead atoms. The van der Waals surface area contributed by atoms with Gasteiger partial charge in [-0.2, -0.15) is 0 Å². The molecule has 2 atom stereocenters. The van der Waals surface area contributed by atoms with Crippen molar-refractivity contribution in [3.63, 3.8) is 0 Å². The molecule has 1 saturated heterocycles. The molecule has 0 aromatic heterocycles. The standard InChI is InChI=1S/C24H32N2O4/c1-5-7-20-9-6-8-17(2)26(20)24(28)19-10-11-22(29-4)23(16-19)30-21-12-14-25(15-13-21)18(3)27/h5-6,8,10-11,16-17,20-21H,1,7,9,12-15H2,2-4H3/t17-,20-/m1/s1. The van der Waals surface area contributed by atoms with Crippen LogP contribution in [-0.2, 0) is 4.79 Å². The van der Waals surface area contributed by atoms with Gasteiger partial charge in [0.2, 0.25) is 5.91 Å². The third kappa shape index (κ3) is 4.86. The number of hydrogen-bond donors (Lipinski definition) is 0. The number of hydrogen-bond acceptors (Lipinski definition) is 4. The monoisotopic (exact) mass is 412 g/mol. The van der Waals surface area contributed by atoms with Crippen molar-refractivity contribution < 1.29 is 19.1 Å². The molecule has 0 N–H and O–H groups in total. The maximum Gasteiger partial charge on any atom is 0.254 e. The molecule has 0 aliphatic carbocycles. The van der Waals surface area contributed by atoms with Crippen LogP contribution in [0.25, 0.3) is 0 Å². The van der Waals surface area contributed by atoms with Gasteiger partial charge in [-0.1, -0.05) is 18.2 Å². The van der Waals surface area contributed by atoms with E-state index in [1.807, 2.05) is 22.8 Å². The zero-order valence-corrected chi connectivity index (χ0v) is 18.2. The maximum atomic E-state index is 13.4. The first-order valence-corrected chi connectivity index (χ1v) is 10.6. The Morgan fingerprint density at radius 2 is 1.97 bits per heavy atom. The first-order valence-electron chi connectivity index (χ1n) is 10.6. The van der Waals surface area contributed by atoms with E-state index in [9.17, 15) is 9.59 Å². The summed E-state index contributed by atoms with van der Waals surface area (Å²) >= 11 is 0. The second-order valence-corrected chi connectivity index (χ2v) is 7.98. The molecule has 2 aliphatic rings. The lowest BCUT2D eigenvalue weighted by molar-refractivity contribution is -0.130. The molecule has 30 heavy (non-hydrogen) atoms. The molecule has 1 aromatic carbocycles. The van der Waals surface area contributed by atoms with E-state index >= 15 is 0 Å². The van der Waals surface area contributed by atoms with Gasteiger partial charge in [-0.15, -0.1) is 6.58 Å². The van der Waals surface area contributed by atoms with Crippen molar-refractivity contribution in [1.29, 1.82) is 0 Å². The van der Waals surface area contributed by atoms with Crippen molar-refractivity contribution in [1.82, 2.24) is 9.80 Å². The Kier molecular flexibility index (Phi) is 7.19. The van der Waals surface area contributed by atoms with Crippen LogP contribution in [0.15, 0.2) is 43.0 Å². The van der Waals surface area contributed by atoms with E-state index in [1.165, 1.54) is 0 Å². The first kappa shape index (κ1) is 21.9. The first-order chi connectivity index (χ1) is 14.4. The smallest absolute Gasteiger partial charge is 0.254 e. The van der Waals surface area contributed by atoms with Gasteiger partial charge in [0.05, 0.1) is 7.11 Å². The Labute approximate surface area is 179 Å². The number of carbonyl (C=O) groups excluding carboxylic acids is 2. The van der Waals surface area contributed by atoms with Crippen LogP contribution < -0.4 is 9.47 Å². The summed E-state index contributed by atoms with van der Waals surface area (Å²) in [6.45, 7) is 8.83. The van der Waals surface area contributed by atoms with Gasteiger partial charge in [0.15, 0.2) is 11.5 Å². The number of amides is 2. The lowest BCUT2D eigenvalue weighted by Gasteiger charge is -2.37. The van der Waals surface area contributed by atoms with Crippen molar-refractivity contribution in [2.75, 3.05) is 20.2 Å². The molecule has 2 amide bonds. The van der Waals surface area contributed by atoms with Gasteiger partial charge in [-0.25, -0.2) is 0 Å². The van der Waals surface area contributed by atoms with Crippen LogP contribution in [0.5, 0.6) is 11.5 Å². The molecule has 0 spiro atoms. The molecule has 3 rings (SSSR count). The summed E-state index contributed by atoms with van der Waals surface area (Å²) in [4.78, 5) is 28.7. The van der Waals surface area contributed by atoms with Gasteiger partial charge in [-0.3, -0.25) is 9.59 Å². The largest absolute Gasteiger partial charge is 0.493 e. The van der Waals surface area contributed by atoms with Crippen molar-refractivity contribution in [2.45, 2.75) is 57.7 Å². The molecule has 6 nitrogen and oxygen atoms in total. The van der Waals surface area contributed by atoms with Crippen molar-refractivity contribution in [2.24, 2.45) is 0 Å². The van der Waals surface area contributed by atoms with E-state index in [4.69, 9.17) is 9.47 Å². The van der Waals surface area contributed by atoms with E-state index in [0.29, 0.717) is 30.2 Å². The molecule has 162 valence electrons. The van der Waals surface area contributed by atoms with E-state index < -0.39 is 0 Å². The highest BCUT2D eigenvalue weighted by Gasteiger charge is 2.30. The molecule has 1 aromatic rings. The second-order valence-electron chi connectivity index (χ2n) is 7.98. The zero-order chi connectivity index (χ0) is 21.7. The number of carbonyl (C=O) groups is 2. The second kappa shape index (κ2) is 9.83. The maximum absolute atomic E-state index is 13.4. The van der Waals surface area contributed by atoms with E-state index in [2.05, 4.69) is 18.7 Å². The average Bonchev–Trinajstić information content (AvgIpc) is 2.74. The Hall–Kier alpha value is -2.76. The van der Waals surface area contributed by atoms with Crippen LogP contribution in [0.1, 0.15) is 49.9 Å². The van der Waals surface area contributed by atoms with Gasteiger partial charge in [0.1, 0.15) is 6.10 Å². The summed E-state index contributed by atoms with van der Waals surface area (Å²) in [6, 6.07) is 5.51. The van der Waals surface area contributed by atoms with Crippen LogP contribution in [0, 0.1) is 0 Å². The van der Waals surface area contributed by atoms with Gasteiger partial charge in [0.25, 0.3) is 5.91 Å². The fourth-order valence-electron chi connectivity index (χ4n) is 4.24. The third-order valence-electron chi connectivity index (χ3n) is 5.92. The number of rotatable bonds is 6. The minimum atomic E-state index is -0.0161. The minimum Gasteiger partial charge on any atom is -0.493 e. The third-order valence-corrected chi connectivity index (χ3v) is 5.92. The summed E-state index contributed by atoms with van der Waals surface area (Å²) in [5.41, 5.74) is 0.586. The highest BCUT2D eigenvalue weighted by atomic mass is 16.5. The summed E-state index contributed by atoms with van der Waals surface area (Å²) in [7, 11) is 1.60. The van der Waals surface area contributed by atoms with Gasteiger partial charge < -0.3 is 19.3 Å². The summed E-state index contributed by atoms with van der Waals surface area (Å²) in [5.74, 6) is 1.26. The molecule has 0 unspecified atom stereocenters. The number of benzene rings is 1. The number of likely N-dealkylation sites (tertiary alicyclic amines) is 1. The molecule has 2 heterocycles. The van der Waals surface area contributed by atoms with Gasteiger partial charge in [0, 0.05) is 50.5 Å². The van der Waals surface area contributed by atoms with Gasteiger partial charge >= 0.3 is 0 Å². The van der Waals surface area contributed by atoms with Crippen LogP contribution in [0.2, 0.25) is 0 Å². The SMILES string of the molecule is C=CC[C@@H]1CC=C[C@@H](C)N1C(=O)c1ccc(OC)c(OC2CCN(C(C)=O)CC2)c1. The molecule has 1 fully saturated rings. The molecule has 0 saturated carbocycles. The normalized spacial score (nSPS) is 22.0. The number of piperidine rings is 1. The summed E-state index contributed by atoms with van der Waals surface area (Å²) in [5, 5.41) is 0. The number of nitrogens with zero attached hydrogens (tertiary/aromatic N) is 2. The fraction of sp³-hybridized carbons (Fsp3) is 0.500. The Bertz CT molecular complexity index is 811. The van der Waals surface area contributed by atoms with Crippen molar-refractivity contribution in [3.05, 3.63) is 48.6 Å². The highest BCUT2D eigenvalue weighted by molar-refractivity contribution is 5.95. The molecule has 6 heteroatoms.